The Morgan fingerprint density at radius 2 is 2.17 bits per heavy atom. The van der Waals surface area contributed by atoms with Crippen LogP contribution >= 0.6 is 0 Å². The summed E-state index contributed by atoms with van der Waals surface area (Å²) in [5, 5.41) is 3.44. The lowest BCUT2D eigenvalue weighted by Gasteiger charge is -2.27. The third-order valence-corrected chi connectivity index (χ3v) is 4.84. The number of ether oxygens (including phenoxy) is 1. The highest BCUT2D eigenvalue weighted by atomic mass is 16.5. The average molecular weight is 332 g/mol. The first kappa shape index (κ1) is 17.2. The van der Waals surface area contributed by atoms with Gasteiger partial charge < -0.3 is 19.9 Å². The molecule has 2 aliphatic heterocycles. The molecule has 132 valence electrons. The summed E-state index contributed by atoms with van der Waals surface area (Å²) in [6.07, 6.45) is 1.81. The zero-order chi connectivity index (χ0) is 16.8. The normalized spacial score (nSPS) is 21.9. The van der Waals surface area contributed by atoms with Crippen molar-refractivity contribution in [3.05, 3.63) is 23.9 Å². The molecule has 24 heavy (non-hydrogen) atoms. The van der Waals surface area contributed by atoms with E-state index in [0.29, 0.717) is 25.6 Å². The summed E-state index contributed by atoms with van der Waals surface area (Å²) < 4.78 is 5.30. The van der Waals surface area contributed by atoms with Gasteiger partial charge in [0.1, 0.15) is 5.82 Å². The summed E-state index contributed by atoms with van der Waals surface area (Å²) in [6.45, 7) is 8.82. The van der Waals surface area contributed by atoms with Crippen molar-refractivity contribution in [1.29, 1.82) is 0 Å². The van der Waals surface area contributed by atoms with E-state index in [1.807, 2.05) is 30.0 Å². The van der Waals surface area contributed by atoms with Crippen LogP contribution in [0.15, 0.2) is 18.2 Å². The first-order valence-corrected chi connectivity index (χ1v) is 8.96. The van der Waals surface area contributed by atoms with Gasteiger partial charge in [0.2, 0.25) is 5.91 Å². The van der Waals surface area contributed by atoms with Crippen molar-refractivity contribution < 1.29 is 9.53 Å². The van der Waals surface area contributed by atoms with Crippen LogP contribution in [0.2, 0.25) is 0 Å². The molecular formula is C18H28N4O2. The molecule has 2 fully saturated rings. The zero-order valence-corrected chi connectivity index (χ0v) is 14.5. The maximum absolute atomic E-state index is 12.2. The van der Waals surface area contributed by atoms with Crippen LogP contribution in [0.25, 0.3) is 0 Å². The first-order chi connectivity index (χ1) is 11.7. The number of carbonyl (C=O) groups is 1. The van der Waals surface area contributed by atoms with Crippen molar-refractivity contribution >= 4 is 11.7 Å². The molecule has 6 heteroatoms. The van der Waals surface area contributed by atoms with Gasteiger partial charge in [0.25, 0.3) is 0 Å². The van der Waals surface area contributed by atoms with Gasteiger partial charge in [0.15, 0.2) is 0 Å². The van der Waals surface area contributed by atoms with E-state index in [1.54, 1.807) is 0 Å². The number of hydrogen-bond acceptors (Lipinski definition) is 5. The van der Waals surface area contributed by atoms with Crippen molar-refractivity contribution in [2.45, 2.75) is 19.8 Å². The van der Waals surface area contributed by atoms with E-state index in [2.05, 4.69) is 15.2 Å². The summed E-state index contributed by atoms with van der Waals surface area (Å²) in [5.74, 6) is 1.85. The van der Waals surface area contributed by atoms with Crippen LogP contribution in [0.4, 0.5) is 5.82 Å². The van der Waals surface area contributed by atoms with Crippen LogP contribution in [0, 0.1) is 12.8 Å². The predicted molar refractivity (Wildman–Crippen MR) is 94.0 cm³/mol. The molecule has 6 nitrogen and oxygen atoms in total. The number of carbonyl (C=O) groups excluding carboxylic acids is 1. The van der Waals surface area contributed by atoms with Gasteiger partial charge in [-0.3, -0.25) is 4.79 Å². The standard InChI is InChI=1S/C18H28N4O2/c1-15-3-2-4-17(20-15)19-13-16-5-7-21(14-16)8-6-18(23)22-9-11-24-12-10-22/h2-4,16H,5-14H2,1H3,(H,19,20)/t16-/m0/s1. The van der Waals surface area contributed by atoms with Crippen molar-refractivity contribution in [2.24, 2.45) is 5.92 Å². The Balaban J connectivity index is 1.35. The Morgan fingerprint density at radius 1 is 1.33 bits per heavy atom. The van der Waals surface area contributed by atoms with Crippen molar-refractivity contribution in [2.75, 3.05) is 57.8 Å². The minimum atomic E-state index is 0.267. The molecule has 3 heterocycles. The molecule has 0 radical (unpaired) electrons. The smallest absolute Gasteiger partial charge is 0.224 e. The van der Waals surface area contributed by atoms with Gasteiger partial charge >= 0.3 is 0 Å². The van der Waals surface area contributed by atoms with E-state index in [1.165, 1.54) is 6.42 Å². The maximum atomic E-state index is 12.2. The van der Waals surface area contributed by atoms with E-state index >= 15 is 0 Å². The van der Waals surface area contributed by atoms with Crippen molar-refractivity contribution in [3.8, 4) is 0 Å². The first-order valence-electron chi connectivity index (χ1n) is 8.96. The second kappa shape index (κ2) is 8.44. The molecule has 1 aromatic rings. The number of aryl methyl sites for hydroxylation is 1. The number of rotatable bonds is 6. The molecule has 2 aliphatic rings. The number of likely N-dealkylation sites (tertiary alicyclic amines) is 1. The number of amides is 1. The van der Waals surface area contributed by atoms with Gasteiger partial charge in [-0.1, -0.05) is 6.07 Å². The quantitative estimate of drug-likeness (QED) is 0.853. The second-order valence-corrected chi connectivity index (χ2v) is 6.74. The highest BCUT2D eigenvalue weighted by Crippen LogP contribution is 2.17. The van der Waals surface area contributed by atoms with Gasteiger partial charge in [-0.25, -0.2) is 4.98 Å². The monoisotopic (exact) mass is 332 g/mol. The summed E-state index contributed by atoms with van der Waals surface area (Å²) in [6, 6.07) is 6.05. The van der Waals surface area contributed by atoms with Crippen LogP contribution in [0.1, 0.15) is 18.5 Å². The topological polar surface area (TPSA) is 57.7 Å². The molecule has 1 N–H and O–H groups in total. The second-order valence-electron chi connectivity index (χ2n) is 6.74. The van der Waals surface area contributed by atoms with Crippen LogP contribution in [0.5, 0.6) is 0 Å². The lowest BCUT2D eigenvalue weighted by molar-refractivity contribution is -0.135. The molecular weight excluding hydrogens is 304 g/mol. The highest BCUT2D eigenvalue weighted by molar-refractivity contribution is 5.76. The Bertz CT molecular complexity index is 546. The molecule has 0 saturated carbocycles. The van der Waals surface area contributed by atoms with Crippen molar-refractivity contribution in [1.82, 2.24) is 14.8 Å². The summed E-state index contributed by atoms with van der Waals surface area (Å²) in [5.41, 5.74) is 1.04. The summed E-state index contributed by atoms with van der Waals surface area (Å²) in [7, 11) is 0. The van der Waals surface area contributed by atoms with Gasteiger partial charge in [-0.05, 0) is 37.9 Å². The fourth-order valence-electron chi connectivity index (χ4n) is 3.40. The zero-order valence-electron chi connectivity index (χ0n) is 14.5. The molecule has 1 atom stereocenters. The van der Waals surface area contributed by atoms with Crippen LogP contribution < -0.4 is 5.32 Å². The Kier molecular flexibility index (Phi) is 6.04. The molecule has 3 rings (SSSR count). The van der Waals surface area contributed by atoms with E-state index in [4.69, 9.17) is 4.74 Å². The Labute approximate surface area is 144 Å². The maximum Gasteiger partial charge on any atom is 0.224 e. The number of anilines is 1. The van der Waals surface area contributed by atoms with E-state index in [9.17, 15) is 4.79 Å². The van der Waals surface area contributed by atoms with E-state index in [0.717, 1.165) is 50.8 Å². The van der Waals surface area contributed by atoms with Crippen LogP contribution in [-0.4, -0.2) is 73.2 Å². The average Bonchev–Trinajstić information content (AvgIpc) is 3.07. The lowest BCUT2D eigenvalue weighted by Crippen LogP contribution is -2.41. The number of aromatic nitrogens is 1. The van der Waals surface area contributed by atoms with Gasteiger partial charge in [-0.15, -0.1) is 0 Å². The minimum Gasteiger partial charge on any atom is -0.378 e. The van der Waals surface area contributed by atoms with E-state index < -0.39 is 0 Å². The fraction of sp³-hybridized carbons (Fsp3) is 0.667. The third-order valence-electron chi connectivity index (χ3n) is 4.84. The largest absolute Gasteiger partial charge is 0.378 e. The van der Waals surface area contributed by atoms with Gasteiger partial charge in [0, 0.05) is 44.8 Å². The van der Waals surface area contributed by atoms with Gasteiger partial charge in [0.05, 0.1) is 13.2 Å². The third kappa shape index (κ3) is 4.92. The Morgan fingerprint density at radius 3 is 2.96 bits per heavy atom. The number of nitrogens with one attached hydrogen (secondary N) is 1. The number of pyridine rings is 1. The van der Waals surface area contributed by atoms with Gasteiger partial charge in [-0.2, -0.15) is 0 Å². The molecule has 1 amide bonds. The molecule has 0 bridgehead atoms. The molecule has 0 aromatic carbocycles. The highest BCUT2D eigenvalue weighted by Gasteiger charge is 2.24. The molecule has 2 saturated heterocycles. The van der Waals surface area contributed by atoms with Crippen molar-refractivity contribution in [3.63, 3.8) is 0 Å². The SMILES string of the molecule is Cc1cccc(NC[C@@H]2CCN(CCC(=O)N3CCOCC3)C2)n1. The molecule has 0 aliphatic carbocycles. The van der Waals surface area contributed by atoms with Crippen LogP contribution in [-0.2, 0) is 9.53 Å². The lowest BCUT2D eigenvalue weighted by atomic mass is 10.1. The van der Waals surface area contributed by atoms with E-state index in [-0.39, 0.29) is 5.91 Å². The number of nitrogens with zero attached hydrogens (tertiary/aromatic N) is 3. The fourth-order valence-corrected chi connectivity index (χ4v) is 3.40. The number of morpholine rings is 1. The number of hydrogen-bond donors (Lipinski definition) is 1. The summed E-state index contributed by atoms with van der Waals surface area (Å²) >= 11 is 0. The molecule has 0 spiro atoms. The van der Waals surface area contributed by atoms with Crippen LogP contribution in [0.3, 0.4) is 0 Å². The molecule has 0 unspecified atom stereocenters. The summed E-state index contributed by atoms with van der Waals surface area (Å²) in [4.78, 5) is 21.0. The predicted octanol–water partition coefficient (Wildman–Crippen LogP) is 1.37. The Hall–Kier alpha value is -1.66. The minimum absolute atomic E-state index is 0.267. The molecule has 1 aromatic heterocycles.